The van der Waals surface area contributed by atoms with Gasteiger partial charge >= 0.3 is 0 Å². The van der Waals surface area contributed by atoms with E-state index < -0.39 is 0 Å². The predicted molar refractivity (Wildman–Crippen MR) is 89.2 cm³/mol. The number of benzene rings is 2. The van der Waals surface area contributed by atoms with Crippen LogP contribution in [0.4, 0.5) is 4.39 Å². The fourth-order valence-electron chi connectivity index (χ4n) is 2.62. The zero-order valence-electron chi connectivity index (χ0n) is 13.2. The summed E-state index contributed by atoms with van der Waals surface area (Å²) in [5, 5.41) is 8.86. The second-order valence-corrected chi connectivity index (χ2v) is 5.63. The SMILES string of the molecule is N#Cc1ccc(CN(Cc2ccccc2)Cc2ccco2)c(F)c1. The van der Waals surface area contributed by atoms with E-state index >= 15 is 0 Å². The molecule has 3 aromatic rings. The van der Waals surface area contributed by atoms with Gasteiger partial charge in [-0.1, -0.05) is 36.4 Å². The van der Waals surface area contributed by atoms with Crippen LogP contribution in [0.1, 0.15) is 22.5 Å². The first-order chi connectivity index (χ1) is 11.7. The molecule has 0 bridgehead atoms. The molecule has 4 heteroatoms. The van der Waals surface area contributed by atoms with Crippen LogP contribution in [-0.2, 0) is 19.6 Å². The molecule has 3 rings (SSSR count). The smallest absolute Gasteiger partial charge is 0.129 e. The Labute approximate surface area is 140 Å². The third-order valence-corrected chi connectivity index (χ3v) is 3.78. The highest BCUT2D eigenvalue weighted by Gasteiger charge is 2.13. The average molecular weight is 320 g/mol. The van der Waals surface area contributed by atoms with E-state index in [0.717, 1.165) is 11.3 Å². The molecule has 0 saturated heterocycles. The molecule has 0 fully saturated rings. The van der Waals surface area contributed by atoms with Gasteiger partial charge in [-0.25, -0.2) is 4.39 Å². The first-order valence-corrected chi connectivity index (χ1v) is 7.72. The van der Waals surface area contributed by atoms with E-state index in [-0.39, 0.29) is 5.82 Å². The summed E-state index contributed by atoms with van der Waals surface area (Å²) >= 11 is 0. The first kappa shape index (κ1) is 16.0. The van der Waals surface area contributed by atoms with Gasteiger partial charge in [-0.3, -0.25) is 4.90 Å². The van der Waals surface area contributed by atoms with Gasteiger partial charge in [0.15, 0.2) is 0 Å². The number of rotatable bonds is 6. The van der Waals surface area contributed by atoms with Crippen molar-refractivity contribution in [3.05, 3.63) is 95.2 Å². The summed E-state index contributed by atoms with van der Waals surface area (Å²) in [6, 6.07) is 20.4. The molecule has 3 nitrogen and oxygen atoms in total. The summed E-state index contributed by atoms with van der Waals surface area (Å²) < 4.78 is 19.6. The van der Waals surface area contributed by atoms with E-state index in [2.05, 4.69) is 4.90 Å². The van der Waals surface area contributed by atoms with E-state index in [1.54, 1.807) is 18.4 Å². The Bertz CT molecular complexity index is 823. The van der Waals surface area contributed by atoms with Crippen molar-refractivity contribution < 1.29 is 8.81 Å². The molecule has 1 aromatic heterocycles. The van der Waals surface area contributed by atoms with Crippen LogP contribution < -0.4 is 0 Å². The number of halogens is 1. The lowest BCUT2D eigenvalue weighted by molar-refractivity contribution is 0.224. The van der Waals surface area contributed by atoms with Crippen molar-refractivity contribution in [2.45, 2.75) is 19.6 Å². The van der Waals surface area contributed by atoms with Gasteiger partial charge < -0.3 is 4.42 Å². The Morgan fingerprint density at radius 2 is 1.79 bits per heavy atom. The van der Waals surface area contributed by atoms with Crippen LogP contribution in [0.15, 0.2) is 71.3 Å². The van der Waals surface area contributed by atoms with E-state index in [0.29, 0.717) is 30.8 Å². The largest absolute Gasteiger partial charge is 0.468 e. The Balaban J connectivity index is 1.80. The van der Waals surface area contributed by atoms with Gasteiger partial charge in [0.25, 0.3) is 0 Å². The number of hydrogen-bond acceptors (Lipinski definition) is 3. The summed E-state index contributed by atoms with van der Waals surface area (Å²) in [7, 11) is 0. The molecule has 0 aliphatic rings. The zero-order chi connectivity index (χ0) is 16.8. The minimum atomic E-state index is -0.355. The third kappa shape index (κ3) is 4.09. The molecule has 1 heterocycles. The predicted octanol–water partition coefficient (Wildman–Crippen LogP) is 4.49. The highest BCUT2D eigenvalue weighted by Crippen LogP contribution is 2.17. The van der Waals surface area contributed by atoms with Crippen molar-refractivity contribution in [1.29, 1.82) is 5.26 Å². The molecule has 0 aliphatic carbocycles. The topological polar surface area (TPSA) is 40.2 Å². The van der Waals surface area contributed by atoms with Crippen molar-refractivity contribution in [3.8, 4) is 6.07 Å². The van der Waals surface area contributed by atoms with E-state index in [4.69, 9.17) is 9.68 Å². The van der Waals surface area contributed by atoms with Gasteiger partial charge in [0.05, 0.1) is 24.4 Å². The maximum Gasteiger partial charge on any atom is 0.129 e. The van der Waals surface area contributed by atoms with Crippen molar-refractivity contribution in [3.63, 3.8) is 0 Å². The molecular weight excluding hydrogens is 303 g/mol. The zero-order valence-corrected chi connectivity index (χ0v) is 13.2. The van der Waals surface area contributed by atoms with Crippen molar-refractivity contribution in [2.24, 2.45) is 0 Å². The summed E-state index contributed by atoms with van der Waals surface area (Å²) in [5.74, 6) is 0.478. The number of nitrogens with zero attached hydrogens (tertiary/aromatic N) is 2. The summed E-state index contributed by atoms with van der Waals surface area (Å²) in [6.07, 6.45) is 1.64. The van der Waals surface area contributed by atoms with Crippen molar-refractivity contribution >= 4 is 0 Å². The van der Waals surface area contributed by atoms with E-state index in [1.807, 2.05) is 48.5 Å². The maximum atomic E-state index is 14.2. The molecule has 0 saturated carbocycles. The second kappa shape index (κ2) is 7.58. The fourth-order valence-corrected chi connectivity index (χ4v) is 2.62. The number of furan rings is 1. The number of nitriles is 1. The summed E-state index contributed by atoms with van der Waals surface area (Å²) in [4.78, 5) is 2.11. The first-order valence-electron chi connectivity index (χ1n) is 7.72. The van der Waals surface area contributed by atoms with Crippen LogP contribution in [0.25, 0.3) is 0 Å². The highest BCUT2D eigenvalue weighted by molar-refractivity contribution is 5.33. The lowest BCUT2D eigenvalue weighted by Gasteiger charge is -2.22. The van der Waals surface area contributed by atoms with Gasteiger partial charge in [-0.2, -0.15) is 5.26 Å². The van der Waals surface area contributed by atoms with E-state index in [1.165, 1.54) is 6.07 Å². The quantitative estimate of drug-likeness (QED) is 0.672. The highest BCUT2D eigenvalue weighted by atomic mass is 19.1. The van der Waals surface area contributed by atoms with Gasteiger partial charge in [-0.05, 0) is 29.8 Å². The van der Waals surface area contributed by atoms with Crippen molar-refractivity contribution in [2.75, 3.05) is 0 Å². The van der Waals surface area contributed by atoms with Crippen LogP contribution >= 0.6 is 0 Å². The van der Waals surface area contributed by atoms with Crippen molar-refractivity contribution in [1.82, 2.24) is 4.90 Å². The lowest BCUT2D eigenvalue weighted by Crippen LogP contribution is -2.22. The standard InChI is InChI=1S/C20H17FN2O/c21-20-11-17(12-22)8-9-18(20)14-23(15-19-7-4-10-24-19)13-16-5-2-1-3-6-16/h1-11H,13-15H2. The number of hydrogen-bond donors (Lipinski definition) is 0. The second-order valence-electron chi connectivity index (χ2n) is 5.63. The van der Waals surface area contributed by atoms with Gasteiger partial charge in [0.1, 0.15) is 11.6 Å². The summed E-state index contributed by atoms with van der Waals surface area (Å²) in [6.45, 7) is 1.70. The molecule has 120 valence electrons. The normalized spacial score (nSPS) is 10.7. The van der Waals surface area contributed by atoms with Crippen LogP contribution in [0.2, 0.25) is 0 Å². The molecular formula is C20H17FN2O. The van der Waals surface area contributed by atoms with Crippen LogP contribution in [-0.4, -0.2) is 4.90 Å². The maximum absolute atomic E-state index is 14.2. The molecule has 24 heavy (non-hydrogen) atoms. The molecule has 2 aromatic carbocycles. The molecule has 0 atom stereocenters. The molecule has 0 radical (unpaired) electrons. The van der Waals surface area contributed by atoms with Gasteiger partial charge in [0, 0.05) is 18.7 Å². The molecule has 0 aliphatic heterocycles. The molecule has 0 spiro atoms. The van der Waals surface area contributed by atoms with Gasteiger partial charge in [-0.15, -0.1) is 0 Å². The lowest BCUT2D eigenvalue weighted by atomic mass is 10.1. The minimum absolute atomic E-state index is 0.330. The minimum Gasteiger partial charge on any atom is -0.468 e. The monoisotopic (exact) mass is 320 g/mol. The molecule has 0 N–H and O–H groups in total. The average Bonchev–Trinajstić information content (AvgIpc) is 3.10. The Morgan fingerprint density at radius 1 is 0.958 bits per heavy atom. The summed E-state index contributed by atoms with van der Waals surface area (Å²) in [5.41, 5.74) is 2.05. The molecule has 0 amide bonds. The van der Waals surface area contributed by atoms with Crippen LogP contribution in [0, 0.1) is 17.1 Å². The van der Waals surface area contributed by atoms with Gasteiger partial charge in [0.2, 0.25) is 0 Å². The fraction of sp³-hybridized carbons (Fsp3) is 0.150. The molecule has 0 unspecified atom stereocenters. The Morgan fingerprint density at radius 3 is 2.46 bits per heavy atom. The van der Waals surface area contributed by atoms with Crippen LogP contribution in [0.5, 0.6) is 0 Å². The Hall–Kier alpha value is -2.90. The Kier molecular flexibility index (Phi) is 5.05. The van der Waals surface area contributed by atoms with Crippen LogP contribution in [0.3, 0.4) is 0 Å². The third-order valence-electron chi connectivity index (χ3n) is 3.78. The van der Waals surface area contributed by atoms with E-state index in [9.17, 15) is 4.39 Å².